The van der Waals surface area contributed by atoms with Gasteiger partial charge in [-0.1, -0.05) is 60.7 Å². The third-order valence-electron chi connectivity index (χ3n) is 3.56. The summed E-state index contributed by atoms with van der Waals surface area (Å²) >= 11 is 0. The maximum Gasteiger partial charge on any atom is 0.394 e. The Bertz CT molecular complexity index is 769. The molecule has 2 N–H and O–H groups in total. The Morgan fingerprint density at radius 3 is 2.08 bits per heavy atom. The smallest absolute Gasteiger partial charge is 0.341 e. The second-order valence-electron chi connectivity index (χ2n) is 5.46. The van der Waals surface area contributed by atoms with Gasteiger partial charge in [-0.15, -0.1) is 0 Å². The Hall–Kier alpha value is -2.06. The molecule has 1 heterocycles. The summed E-state index contributed by atoms with van der Waals surface area (Å²) in [5.41, 5.74) is 1.99. The summed E-state index contributed by atoms with van der Waals surface area (Å²) < 4.78 is 37.8. The zero-order valence-corrected chi connectivity index (χ0v) is 13.9. The molecule has 2 aromatic rings. The van der Waals surface area contributed by atoms with Gasteiger partial charge in [0.05, 0.1) is 5.60 Å². The molecule has 6 nitrogen and oxygen atoms in total. The first-order valence-electron chi connectivity index (χ1n) is 7.28. The Labute approximate surface area is 141 Å². The van der Waals surface area contributed by atoms with Gasteiger partial charge < -0.3 is 4.74 Å². The van der Waals surface area contributed by atoms with Crippen LogP contribution in [0.15, 0.2) is 65.7 Å². The molecule has 2 atom stereocenters. The molecule has 1 aliphatic heterocycles. The van der Waals surface area contributed by atoms with Gasteiger partial charge in [-0.05, 0) is 12.5 Å². The summed E-state index contributed by atoms with van der Waals surface area (Å²) in [5.74, 6) is 0. The summed E-state index contributed by atoms with van der Waals surface area (Å²) in [7, 11) is -4.67. The van der Waals surface area contributed by atoms with Crippen LogP contribution in [0.5, 0.6) is 0 Å². The van der Waals surface area contributed by atoms with E-state index in [9.17, 15) is 0 Å². The summed E-state index contributed by atoms with van der Waals surface area (Å²) in [6, 6.07) is 20.5. The topological polar surface area (TPSA) is 96.2 Å². The van der Waals surface area contributed by atoms with Crippen LogP contribution in [-0.2, 0) is 20.7 Å². The maximum atomic E-state index is 8.74. The molecule has 2 unspecified atom stereocenters. The Morgan fingerprint density at radius 1 is 1.04 bits per heavy atom. The quantitative estimate of drug-likeness (QED) is 0.810. The molecule has 24 heavy (non-hydrogen) atoms. The van der Waals surface area contributed by atoms with Crippen LogP contribution >= 0.6 is 0 Å². The van der Waals surface area contributed by atoms with Gasteiger partial charge >= 0.3 is 10.4 Å². The largest absolute Gasteiger partial charge is 0.394 e. The fourth-order valence-corrected chi connectivity index (χ4v) is 2.40. The first kappa shape index (κ1) is 18.3. The molecule has 2 aromatic carbocycles. The van der Waals surface area contributed by atoms with Crippen LogP contribution in [0, 0.1) is 0 Å². The minimum absolute atomic E-state index is 0.208. The molecule has 7 heteroatoms. The highest BCUT2D eigenvalue weighted by atomic mass is 32.3. The Balaban J connectivity index is 0.000000368. The lowest BCUT2D eigenvalue weighted by Crippen LogP contribution is -2.31. The third kappa shape index (κ3) is 5.54. The van der Waals surface area contributed by atoms with Gasteiger partial charge in [0.1, 0.15) is 0 Å². The van der Waals surface area contributed by atoms with Gasteiger partial charge in [0.25, 0.3) is 0 Å². The predicted molar refractivity (Wildman–Crippen MR) is 91.3 cm³/mol. The van der Waals surface area contributed by atoms with E-state index in [1.807, 2.05) is 42.6 Å². The number of hydrogen-bond donors (Lipinski definition) is 2. The molecule has 1 aliphatic rings. The van der Waals surface area contributed by atoms with E-state index in [-0.39, 0.29) is 11.8 Å². The first-order valence-corrected chi connectivity index (χ1v) is 8.67. The standard InChI is InChI=1S/C17H17NO.H2O4S/c1-17(15-10-6-3-7-11-15)12-13-18-16(19-17)14-8-4-2-5-9-14;1-5(2,3)4/h2-11,13,16H,12H2,1H3;(H2,1,2,3,4). The Morgan fingerprint density at radius 2 is 1.54 bits per heavy atom. The van der Waals surface area contributed by atoms with Crippen molar-refractivity contribution in [1.82, 2.24) is 0 Å². The van der Waals surface area contributed by atoms with E-state index in [0.717, 1.165) is 12.0 Å². The number of ether oxygens (including phenoxy) is 1. The second kappa shape index (κ2) is 7.67. The highest BCUT2D eigenvalue weighted by Gasteiger charge is 2.33. The zero-order valence-electron chi connectivity index (χ0n) is 13.1. The van der Waals surface area contributed by atoms with Crippen molar-refractivity contribution in [2.24, 2.45) is 4.99 Å². The zero-order chi connectivity index (χ0) is 17.6. The molecule has 0 amide bonds. The normalized spacial score (nSPS) is 23.2. The van der Waals surface area contributed by atoms with Gasteiger partial charge in [0.2, 0.25) is 0 Å². The van der Waals surface area contributed by atoms with Crippen LogP contribution < -0.4 is 0 Å². The van der Waals surface area contributed by atoms with Crippen molar-refractivity contribution >= 4 is 16.6 Å². The molecule has 0 aliphatic carbocycles. The fourth-order valence-electron chi connectivity index (χ4n) is 2.40. The number of hydrogen-bond acceptors (Lipinski definition) is 4. The minimum Gasteiger partial charge on any atom is -0.341 e. The average Bonchev–Trinajstić information content (AvgIpc) is 2.55. The highest BCUT2D eigenvalue weighted by molar-refractivity contribution is 7.79. The summed E-state index contributed by atoms with van der Waals surface area (Å²) in [5, 5.41) is 0. The van der Waals surface area contributed by atoms with Crippen LogP contribution in [0.3, 0.4) is 0 Å². The van der Waals surface area contributed by atoms with Gasteiger partial charge in [0, 0.05) is 18.2 Å². The van der Waals surface area contributed by atoms with E-state index in [0.29, 0.717) is 0 Å². The van der Waals surface area contributed by atoms with Gasteiger partial charge in [-0.25, -0.2) is 0 Å². The Kier molecular flexibility index (Phi) is 5.84. The number of benzene rings is 2. The van der Waals surface area contributed by atoms with Crippen molar-refractivity contribution in [2.45, 2.75) is 25.2 Å². The third-order valence-corrected chi connectivity index (χ3v) is 3.56. The minimum atomic E-state index is -4.67. The first-order chi connectivity index (χ1) is 11.3. The van der Waals surface area contributed by atoms with Crippen molar-refractivity contribution in [3.63, 3.8) is 0 Å². The number of aliphatic imine (C=N–C) groups is 1. The van der Waals surface area contributed by atoms with Crippen molar-refractivity contribution in [2.75, 3.05) is 0 Å². The summed E-state index contributed by atoms with van der Waals surface area (Å²) in [6.07, 6.45) is 2.58. The summed E-state index contributed by atoms with van der Waals surface area (Å²) in [4.78, 5) is 4.47. The average molecular weight is 349 g/mol. The molecular formula is C17H19NO5S. The van der Waals surface area contributed by atoms with Crippen LogP contribution in [0.4, 0.5) is 0 Å². The molecule has 128 valence electrons. The fraction of sp³-hybridized carbons (Fsp3) is 0.235. The molecule has 0 saturated carbocycles. The SMILES string of the molecule is CC1(c2ccccc2)CC=NC(c2ccccc2)O1.O=S(=O)(O)O. The van der Waals surface area contributed by atoms with Gasteiger partial charge in [-0.2, -0.15) is 8.42 Å². The predicted octanol–water partition coefficient (Wildman–Crippen LogP) is 3.44. The van der Waals surface area contributed by atoms with Crippen molar-refractivity contribution in [3.8, 4) is 0 Å². The summed E-state index contributed by atoms with van der Waals surface area (Å²) in [6.45, 7) is 2.13. The molecule has 0 spiro atoms. The van der Waals surface area contributed by atoms with E-state index < -0.39 is 10.4 Å². The van der Waals surface area contributed by atoms with Crippen LogP contribution in [0.2, 0.25) is 0 Å². The van der Waals surface area contributed by atoms with Crippen LogP contribution in [-0.4, -0.2) is 23.7 Å². The van der Waals surface area contributed by atoms with Crippen LogP contribution in [0.1, 0.15) is 30.7 Å². The lowest BCUT2D eigenvalue weighted by molar-refractivity contribution is -0.0897. The van der Waals surface area contributed by atoms with E-state index in [1.165, 1.54) is 5.56 Å². The van der Waals surface area contributed by atoms with E-state index in [1.54, 1.807) is 0 Å². The molecule has 0 saturated heterocycles. The molecule has 0 bridgehead atoms. The van der Waals surface area contributed by atoms with Crippen molar-refractivity contribution in [3.05, 3.63) is 71.8 Å². The second-order valence-corrected chi connectivity index (χ2v) is 6.36. The van der Waals surface area contributed by atoms with Crippen LogP contribution in [0.25, 0.3) is 0 Å². The van der Waals surface area contributed by atoms with Gasteiger partial charge in [-0.3, -0.25) is 14.1 Å². The number of nitrogens with zero attached hydrogens (tertiary/aromatic N) is 1. The molecule has 0 radical (unpaired) electrons. The van der Waals surface area contributed by atoms with Gasteiger partial charge in [0.15, 0.2) is 6.23 Å². The molecular weight excluding hydrogens is 330 g/mol. The van der Waals surface area contributed by atoms with Crippen molar-refractivity contribution < 1.29 is 22.3 Å². The molecule has 3 rings (SSSR count). The lowest BCUT2D eigenvalue weighted by atomic mass is 9.91. The monoisotopic (exact) mass is 349 g/mol. The molecule has 0 fully saturated rings. The number of rotatable bonds is 2. The maximum absolute atomic E-state index is 8.74. The van der Waals surface area contributed by atoms with E-state index in [4.69, 9.17) is 22.3 Å². The van der Waals surface area contributed by atoms with E-state index >= 15 is 0 Å². The molecule has 0 aromatic heterocycles. The van der Waals surface area contributed by atoms with Crippen molar-refractivity contribution in [1.29, 1.82) is 0 Å². The van der Waals surface area contributed by atoms with E-state index in [2.05, 4.69) is 36.2 Å². The highest BCUT2D eigenvalue weighted by Crippen LogP contribution is 2.37. The lowest BCUT2D eigenvalue weighted by Gasteiger charge is -2.35.